The molecule has 0 aliphatic heterocycles. The molecular formula is C11H12N6O4. The smallest absolute Gasteiger partial charge is 0.325 e. The molecule has 2 rings (SSSR count). The summed E-state index contributed by atoms with van der Waals surface area (Å²) in [5.74, 6) is -0.544. The van der Waals surface area contributed by atoms with E-state index in [1.165, 1.54) is 23.0 Å². The van der Waals surface area contributed by atoms with Crippen molar-refractivity contribution in [2.24, 2.45) is 0 Å². The van der Waals surface area contributed by atoms with E-state index < -0.39 is 10.9 Å². The molecule has 0 radical (unpaired) electrons. The molecule has 2 aromatic rings. The molecular weight excluding hydrogens is 280 g/mol. The minimum absolute atomic E-state index is 0.0482. The molecule has 0 unspecified atom stereocenters. The monoisotopic (exact) mass is 292 g/mol. The van der Waals surface area contributed by atoms with Crippen molar-refractivity contribution in [2.75, 3.05) is 5.32 Å². The molecule has 21 heavy (non-hydrogen) atoms. The van der Waals surface area contributed by atoms with Gasteiger partial charge in [0.25, 0.3) is 5.69 Å². The number of carbonyl (C=O) groups is 1. The predicted molar refractivity (Wildman–Crippen MR) is 70.6 cm³/mol. The van der Waals surface area contributed by atoms with Gasteiger partial charge in [-0.25, -0.2) is 9.67 Å². The van der Waals surface area contributed by atoms with E-state index in [0.717, 1.165) is 0 Å². The molecule has 10 heteroatoms. The van der Waals surface area contributed by atoms with Crippen molar-refractivity contribution in [1.82, 2.24) is 20.0 Å². The number of rotatable bonds is 6. The second-order valence-corrected chi connectivity index (χ2v) is 4.21. The molecule has 2 heterocycles. The first-order chi connectivity index (χ1) is 9.95. The van der Waals surface area contributed by atoms with Crippen LogP contribution in [0.1, 0.15) is 11.4 Å². The van der Waals surface area contributed by atoms with Crippen molar-refractivity contribution < 1.29 is 14.8 Å². The van der Waals surface area contributed by atoms with Crippen LogP contribution in [0.15, 0.2) is 18.3 Å². The Balaban J connectivity index is 1.99. The lowest BCUT2D eigenvalue weighted by Crippen LogP contribution is -2.09. The zero-order valence-electron chi connectivity index (χ0n) is 11.1. The molecule has 10 nitrogen and oxygen atoms in total. The van der Waals surface area contributed by atoms with Crippen LogP contribution in [0.2, 0.25) is 0 Å². The highest BCUT2D eigenvalue weighted by molar-refractivity contribution is 5.66. The lowest BCUT2D eigenvalue weighted by molar-refractivity contribution is -0.385. The van der Waals surface area contributed by atoms with Crippen molar-refractivity contribution in [3.8, 4) is 0 Å². The Morgan fingerprint density at radius 3 is 2.90 bits per heavy atom. The van der Waals surface area contributed by atoms with Gasteiger partial charge in [0.05, 0.1) is 17.7 Å². The summed E-state index contributed by atoms with van der Waals surface area (Å²) in [6, 6.07) is 2.86. The van der Waals surface area contributed by atoms with E-state index >= 15 is 0 Å². The number of hydrogen-bond donors (Lipinski definition) is 2. The van der Waals surface area contributed by atoms with Gasteiger partial charge in [0, 0.05) is 6.07 Å². The van der Waals surface area contributed by atoms with Gasteiger partial charge in [0.1, 0.15) is 23.8 Å². The fraction of sp³-hybridized carbons (Fsp3) is 0.273. The molecule has 2 N–H and O–H groups in total. The second-order valence-electron chi connectivity index (χ2n) is 4.21. The van der Waals surface area contributed by atoms with E-state index in [4.69, 9.17) is 5.11 Å². The molecule has 0 bridgehead atoms. The molecule has 0 aliphatic rings. The zero-order valence-corrected chi connectivity index (χ0v) is 11.1. The first-order valence-electron chi connectivity index (χ1n) is 5.92. The van der Waals surface area contributed by atoms with Gasteiger partial charge in [0.15, 0.2) is 0 Å². The van der Waals surface area contributed by atoms with Crippen LogP contribution < -0.4 is 5.32 Å². The number of hydrogen-bond acceptors (Lipinski definition) is 7. The van der Waals surface area contributed by atoms with Crippen LogP contribution in [0.5, 0.6) is 0 Å². The molecule has 2 aromatic heterocycles. The summed E-state index contributed by atoms with van der Waals surface area (Å²) in [4.78, 5) is 24.8. The maximum Gasteiger partial charge on any atom is 0.325 e. The van der Waals surface area contributed by atoms with E-state index in [2.05, 4.69) is 20.6 Å². The summed E-state index contributed by atoms with van der Waals surface area (Å²) in [5.41, 5.74) is 0.793. The molecule has 0 aliphatic carbocycles. The van der Waals surface area contributed by atoms with E-state index in [1.807, 2.05) is 0 Å². The molecule has 0 fully saturated rings. The average molecular weight is 292 g/mol. The van der Waals surface area contributed by atoms with Gasteiger partial charge in [-0.15, -0.1) is 5.10 Å². The topological polar surface area (TPSA) is 136 Å². The molecule has 0 atom stereocenters. The van der Waals surface area contributed by atoms with Crippen LogP contribution in [0.25, 0.3) is 0 Å². The number of carboxylic acid groups (broad SMARTS) is 1. The van der Waals surface area contributed by atoms with Gasteiger partial charge >= 0.3 is 5.97 Å². The predicted octanol–water partition coefficient (Wildman–Crippen LogP) is 0.586. The third-order valence-corrected chi connectivity index (χ3v) is 2.59. The summed E-state index contributed by atoms with van der Waals surface area (Å²) in [6.45, 7) is 1.57. The highest BCUT2D eigenvalue weighted by Crippen LogP contribution is 2.17. The summed E-state index contributed by atoms with van der Waals surface area (Å²) < 4.78 is 1.20. The number of nitro groups is 1. The van der Waals surface area contributed by atoms with Crippen LogP contribution >= 0.6 is 0 Å². The number of aromatic nitrogens is 4. The number of nitrogens with zero attached hydrogens (tertiary/aromatic N) is 5. The lowest BCUT2D eigenvalue weighted by atomic mass is 10.3. The van der Waals surface area contributed by atoms with E-state index in [1.54, 1.807) is 6.92 Å². The van der Waals surface area contributed by atoms with Crippen LogP contribution in [-0.2, 0) is 17.9 Å². The van der Waals surface area contributed by atoms with Crippen LogP contribution in [0.4, 0.5) is 11.5 Å². The Hall–Kier alpha value is -3.04. The average Bonchev–Trinajstić information content (AvgIpc) is 2.82. The Labute approximate surface area is 118 Å². The third kappa shape index (κ3) is 3.72. The Bertz CT molecular complexity index is 683. The third-order valence-electron chi connectivity index (χ3n) is 2.59. The highest BCUT2D eigenvalue weighted by atomic mass is 16.6. The Morgan fingerprint density at radius 2 is 2.29 bits per heavy atom. The first-order valence-corrected chi connectivity index (χ1v) is 5.92. The van der Waals surface area contributed by atoms with Gasteiger partial charge < -0.3 is 10.4 Å². The van der Waals surface area contributed by atoms with E-state index in [0.29, 0.717) is 17.2 Å². The van der Waals surface area contributed by atoms with Gasteiger partial charge in [-0.05, 0) is 13.0 Å². The molecule has 0 aromatic carbocycles. The Morgan fingerprint density at radius 1 is 1.52 bits per heavy atom. The standard InChI is InChI=1S/C11H12N6O4/c1-7-9(17(20)21)2-3-10(13-7)12-4-8-5-16(15-14-8)6-11(18)19/h2-3,5H,4,6H2,1H3,(H,12,13)(H,18,19). The van der Waals surface area contributed by atoms with Crippen LogP contribution in [0, 0.1) is 17.0 Å². The summed E-state index contributed by atoms with van der Waals surface area (Å²) >= 11 is 0. The van der Waals surface area contributed by atoms with Gasteiger partial charge in [-0.2, -0.15) is 0 Å². The summed E-state index contributed by atoms with van der Waals surface area (Å²) in [7, 11) is 0. The number of aliphatic carboxylic acids is 1. The maximum absolute atomic E-state index is 10.7. The highest BCUT2D eigenvalue weighted by Gasteiger charge is 2.12. The minimum atomic E-state index is -1.01. The van der Waals surface area contributed by atoms with Crippen molar-refractivity contribution in [2.45, 2.75) is 20.0 Å². The fourth-order valence-electron chi connectivity index (χ4n) is 1.66. The summed E-state index contributed by atoms with van der Waals surface area (Å²) in [6.07, 6.45) is 1.50. The van der Waals surface area contributed by atoms with Crippen LogP contribution in [0.3, 0.4) is 0 Å². The maximum atomic E-state index is 10.7. The molecule has 0 saturated heterocycles. The first kappa shape index (κ1) is 14.4. The SMILES string of the molecule is Cc1nc(NCc2cn(CC(=O)O)nn2)ccc1[N+](=O)[O-]. The molecule has 0 spiro atoms. The minimum Gasteiger partial charge on any atom is -0.480 e. The number of aryl methyl sites for hydroxylation is 1. The van der Waals surface area contributed by atoms with E-state index in [-0.39, 0.29) is 18.8 Å². The number of pyridine rings is 1. The fourth-order valence-corrected chi connectivity index (χ4v) is 1.66. The van der Waals surface area contributed by atoms with Crippen molar-refractivity contribution in [1.29, 1.82) is 0 Å². The van der Waals surface area contributed by atoms with E-state index in [9.17, 15) is 14.9 Å². The lowest BCUT2D eigenvalue weighted by Gasteiger charge is -2.04. The Kier molecular flexibility index (Phi) is 4.07. The van der Waals surface area contributed by atoms with Crippen molar-refractivity contribution >= 4 is 17.5 Å². The quantitative estimate of drug-likeness (QED) is 0.583. The van der Waals surface area contributed by atoms with Crippen LogP contribution in [-0.4, -0.2) is 36.0 Å². The van der Waals surface area contributed by atoms with Crippen molar-refractivity contribution in [3.05, 3.63) is 39.8 Å². The molecule has 110 valence electrons. The zero-order chi connectivity index (χ0) is 15.4. The normalized spacial score (nSPS) is 10.3. The second kappa shape index (κ2) is 5.94. The number of nitrogens with one attached hydrogen (secondary N) is 1. The molecule has 0 saturated carbocycles. The van der Waals surface area contributed by atoms with Gasteiger partial charge in [-0.1, -0.05) is 5.21 Å². The summed E-state index contributed by atoms with van der Waals surface area (Å²) in [5, 5.41) is 29.7. The number of anilines is 1. The van der Waals surface area contributed by atoms with Gasteiger partial charge in [0.2, 0.25) is 0 Å². The number of carboxylic acids is 1. The van der Waals surface area contributed by atoms with Gasteiger partial charge in [-0.3, -0.25) is 14.9 Å². The largest absolute Gasteiger partial charge is 0.480 e. The van der Waals surface area contributed by atoms with Crippen molar-refractivity contribution in [3.63, 3.8) is 0 Å². The molecule has 0 amide bonds.